The number of nitrogens with zero attached hydrogens (tertiary/aromatic N) is 5. The van der Waals surface area contributed by atoms with Crippen LogP contribution in [0.15, 0.2) is 65.2 Å². The molecule has 1 aliphatic rings. The van der Waals surface area contributed by atoms with Crippen LogP contribution in [0, 0.1) is 6.92 Å². The maximum atomic E-state index is 14.4. The predicted octanol–water partition coefficient (Wildman–Crippen LogP) is 6.47. The Kier molecular flexibility index (Phi) is 8.25. The highest BCUT2D eigenvalue weighted by Gasteiger charge is 2.30. The minimum atomic E-state index is -4.46. The van der Waals surface area contributed by atoms with E-state index in [9.17, 15) is 22.8 Å². The topological polar surface area (TPSA) is 82.2 Å². The molecule has 224 valence electrons. The van der Waals surface area contributed by atoms with E-state index in [1.165, 1.54) is 28.5 Å². The van der Waals surface area contributed by atoms with Gasteiger partial charge in [0.15, 0.2) is 0 Å². The lowest BCUT2D eigenvalue weighted by Crippen LogP contribution is -2.37. The van der Waals surface area contributed by atoms with E-state index >= 15 is 0 Å². The summed E-state index contributed by atoms with van der Waals surface area (Å²) >= 11 is 0. The van der Waals surface area contributed by atoms with Gasteiger partial charge in [0.1, 0.15) is 5.69 Å². The van der Waals surface area contributed by atoms with Crippen molar-refractivity contribution in [1.82, 2.24) is 24.2 Å². The number of allylic oxidation sites excluding steroid dienone is 1. The van der Waals surface area contributed by atoms with Crippen LogP contribution in [0.3, 0.4) is 0 Å². The molecule has 4 aromatic rings. The van der Waals surface area contributed by atoms with Crippen LogP contribution in [-0.2, 0) is 6.18 Å². The quantitative estimate of drug-likeness (QED) is 0.257. The van der Waals surface area contributed by atoms with Crippen LogP contribution < -0.4 is 10.3 Å². The lowest BCUT2D eigenvalue weighted by Gasteiger charge is -2.28. The first-order chi connectivity index (χ1) is 20.5. The SMILES string of the molecule is COc1ncc(C)cc1-n1c(C=C(C)C)c(C(=O)N2CCCCC2)cc(-c2ccn(-c3ccc(C(F)(F)F)cc3)n2)c1=O. The summed E-state index contributed by atoms with van der Waals surface area (Å²) in [5, 5.41) is 4.54. The fourth-order valence-corrected chi connectivity index (χ4v) is 5.18. The molecule has 0 spiro atoms. The second-order valence-corrected chi connectivity index (χ2v) is 10.8. The van der Waals surface area contributed by atoms with E-state index in [-0.39, 0.29) is 23.0 Å². The van der Waals surface area contributed by atoms with E-state index in [1.807, 2.05) is 20.8 Å². The van der Waals surface area contributed by atoms with Crippen LogP contribution in [0.1, 0.15) is 60.3 Å². The van der Waals surface area contributed by atoms with Gasteiger partial charge < -0.3 is 9.64 Å². The van der Waals surface area contributed by atoms with E-state index in [4.69, 9.17) is 4.74 Å². The number of aryl methyl sites for hydroxylation is 1. The van der Waals surface area contributed by atoms with Crippen molar-refractivity contribution in [2.24, 2.45) is 0 Å². The largest absolute Gasteiger partial charge is 0.480 e. The van der Waals surface area contributed by atoms with Gasteiger partial charge in [0.2, 0.25) is 5.88 Å². The van der Waals surface area contributed by atoms with Crippen molar-refractivity contribution < 1.29 is 22.7 Å². The number of rotatable bonds is 6. The second-order valence-electron chi connectivity index (χ2n) is 10.8. The number of alkyl halides is 3. The summed E-state index contributed by atoms with van der Waals surface area (Å²) in [5.74, 6) is 0.00358. The molecule has 11 heteroatoms. The summed E-state index contributed by atoms with van der Waals surface area (Å²) in [5.41, 5.74) is 2.32. The number of carbonyl (C=O) groups is 1. The van der Waals surface area contributed by atoms with Crippen LogP contribution >= 0.6 is 0 Å². The Bertz CT molecular complexity index is 1740. The minimum absolute atomic E-state index is 0.153. The molecule has 0 N–H and O–H groups in total. The van der Waals surface area contributed by atoms with Gasteiger partial charge in [-0.1, -0.05) is 5.57 Å². The zero-order valence-corrected chi connectivity index (χ0v) is 24.4. The number of benzene rings is 1. The van der Waals surface area contributed by atoms with Gasteiger partial charge >= 0.3 is 6.18 Å². The summed E-state index contributed by atoms with van der Waals surface area (Å²) in [4.78, 5) is 34.6. The zero-order chi connectivity index (χ0) is 30.9. The molecule has 4 heterocycles. The highest BCUT2D eigenvalue weighted by Crippen LogP contribution is 2.31. The zero-order valence-electron chi connectivity index (χ0n) is 24.4. The van der Waals surface area contributed by atoms with Gasteiger partial charge in [-0.2, -0.15) is 18.3 Å². The summed E-state index contributed by atoms with van der Waals surface area (Å²) in [6.07, 6.45) is 3.35. The van der Waals surface area contributed by atoms with Crippen molar-refractivity contribution in [3.05, 3.63) is 93.2 Å². The second kappa shape index (κ2) is 11.9. The van der Waals surface area contributed by atoms with Crippen LogP contribution in [-0.4, -0.2) is 50.3 Å². The molecule has 3 aromatic heterocycles. The van der Waals surface area contributed by atoms with Crippen molar-refractivity contribution in [1.29, 1.82) is 0 Å². The molecule has 1 aromatic carbocycles. The van der Waals surface area contributed by atoms with Gasteiger partial charge in [-0.25, -0.2) is 9.67 Å². The van der Waals surface area contributed by atoms with Crippen LogP contribution in [0.25, 0.3) is 28.7 Å². The Morgan fingerprint density at radius 3 is 2.35 bits per heavy atom. The fourth-order valence-electron chi connectivity index (χ4n) is 5.18. The lowest BCUT2D eigenvalue weighted by atomic mass is 10.0. The monoisotopic (exact) mass is 591 g/mol. The molecule has 5 rings (SSSR count). The molecule has 0 unspecified atom stereocenters. The maximum absolute atomic E-state index is 14.4. The number of hydrogen-bond acceptors (Lipinski definition) is 5. The summed E-state index contributed by atoms with van der Waals surface area (Å²) in [6, 6.07) is 9.51. The molecular weight excluding hydrogens is 559 g/mol. The summed E-state index contributed by atoms with van der Waals surface area (Å²) in [7, 11) is 1.46. The fraction of sp³-hybridized carbons (Fsp3) is 0.312. The molecular formula is C32H32F3N5O3. The maximum Gasteiger partial charge on any atom is 0.416 e. The number of hydrogen-bond donors (Lipinski definition) is 0. The third kappa shape index (κ3) is 6.11. The van der Waals surface area contributed by atoms with Gasteiger partial charge in [0, 0.05) is 25.5 Å². The van der Waals surface area contributed by atoms with Gasteiger partial charge in [-0.15, -0.1) is 0 Å². The molecule has 1 amide bonds. The number of ether oxygens (including phenoxy) is 1. The van der Waals surface area contributed by atoms with E-state index in [0.717, 1.165) is 42.5 Å². The van der Waals surface area contributed by atoms with Crippen LogP contribution in [0.2, 0.25) is 0 Å². The van der Waals surface area contributed by atoms with Crippen LogP contribution in [0.4, 0.5) is 13.2 Å². The first-order valence-corrected chi connectivity index (χ1v) is 14.0. The number of methoxy groups -OCH3 is 1. The minimum Gasteiger partial charge on any atom is -0.480 e. The molecule has 1 saturated heterocycles. The number of aromatic nitrogens is 4. The normalized spacial score (nSPS) is 13.6. The highest BCUT2D eigenvalue weighted by molar-refractivity contribution is 5.98. The number of halogens is 3. The van der Waals surface area contributed by atoms with Crippen molar-refractivity contribution in [3.8, 4) is 28.5 Å². The Hall–Kier alpha value is -4.67. The molecule has 1 fully saturated rings. The molecule has 8 nitrogen and oxygen atoms in total. The predicted molar refractivity (Wildman–Crippen MR) is 158 cm³/mol. The van der Waals surface area contributed by atoms with Gasteiger partial charge in [0.25, 0.3) is 11.5 Å². The first kappa shape index (κ1) is 29.8. The van der Waals surface area contributed by atoms with Gasteiger partial charge in [-0.3, -0.25) is 14.2 Å². The van der Waals surface area contributed by atoms with E-state index in [2.05, 4.69) is 10.1 Å². The molecule has 43 heavy (non-hydrogen) atoms. The average Bonchev–Trinajstić information content (AvgIpc) is 3.47. The average molecular weight is 592 g/mol. The third-order valence-electron chi connectivity index (χ3n) is 7.27. The third-order valence-corrected chi connectivity index (χ3v) is 7.27. The van der Waals surface area contributed by atoms with Gasteiger partial charge in [0.05, 0.1) is 40.9 Å². The van der Waals surface area contributed by atoms with Gasteiger partial charge in [-0.05, 0) is 94.1 Å². The van der Waals surface area contributed by atoms with Crippen molar-refractivity contribution in [2.75, 3.05) is 20.2 Å². The van der Waals surface area contributed by atoms with Crippen LogP contribution in [0.5, 0.6) is 5.88 Å². The Morgan fingerprint density at radius 2 is 1.72 bits per heavy atom. The Labute approximate surface area is 247 Å². The molecule has 0 bridgehead atoms. The molecule has 0 atom stereocenters. The van der Waals surface area contributed by atoms with Crippen molar-refractivity contribution in [2.45, 2.75) is 46.2 Å². The Morgan fingerprint density at radius 1 is 1.02 bits per heavy atom. The number of pyridine rings is 2. The number of likely N-dealkylation sites (tertiary alicyclic amines) is 1. The molecule has 1 aliphatic heterocycles. The van der Waals surface area contributed by atoms with Crippen molar-refractivity contribution >= 4 is 12.0 Å². The standard InChI is InChI=1S/C32H32F3N5O3/c1-20(2)16-27-25(30(41)38-13-6-5-7-14-38)18-24(31(42)40(27)28-17-21(3)19-36-29(28)43-4)26-12-15-39(37-26)23-10-8-22(9-11-23)32(33,34)35/h8-12,15-19H,5-7,13-14H2,1-4H3. The Balaban J connectivity index is 1.74. The first-order valence-electron chi connectivity index (χ1n) is 14.0. The summed E-state index contributed by atoms with van der Waals surface area (Å²) < 4.78 is 47.6. The van der Waals surface area contributed by atoms with E-state index < -0.39 is 17.3 Å². The summed E-state index contributed by atoms with van der Waals surface area (Å²) in [6.45, 7) is 6.83. The number of piperidine rings is 1. The molecule has 0 saturated carbocycles. The van der Waals surface area contributed by atoms with E-state index in [0.29, 0.717) is 35.7 Å². The highest BCUT2D eigenvalue weighted by atomic mass is 19.4. The van der Waals surface area contributed by atoms with E-state index in [1.54, 1.807) is 41.6 Å². The molecule has 0 radical (unpaired) electrons. The smallest absolute Gasteiger partial charge is 0.416 e. The van der Waals surface area contributed by atoms with Crippen molar-refractivity contribution in [3.63, 3.8) is 0 Å². The molecule has 0 aliphatic carbocycles. The number of carbonyl (C=O) groups excluding carboxylic acids is 1. The number of amides is 1. The lowest BCUT2D eigenvalue weighted by molar-refractivity contribution is -0.137.